The maximum atomic E-state index is 11.6. The van der Waals surface area contributed by atoms with Gasteiger partial charge < -0.3 is 9.88 Å². The Balaban J connectivity index is 2.52. The summed E-state index contributed by atoms with van der Waals surface area (Å²) < 4.78 is 1.55. The molecule has 0 aliphatic rings. The van der Waals surface area contributed by atoms with Crippen molar-refractivity contribution in [3.05, 3.63) is 12.7 Å². The molecule has 0 aromatic carbocycles. The van der Waals surface area contributed by atoms with Crippen LogP contribution in [0, 0.1) is 5.92 Å². The maximum Gasteiger partial charge on any atom is 0.240 e. The molecular formula is C10H16N4O2. The maximum absolute atomic E-state index is 11.6. The number of ketones is 1. The number of nitrogens with zero attached hydrogens (tertiary/aromatic N) is 3. The molecule has 1 heterocycles. The van der Waals surface area contributed by atoms with Crippen molar-refractivity contribution in [2.24, 2.45) is 5.92 Å². The van der Waals surface area contributed by atoms with Crippen molar-refractivity contribution >= 4 is 11.7 Å². The summed E-state index contributed by atoms with van der Waals surface area (Å²) in [7, 11) is 0. The van der Waals surface area contributed by atoms with Crippen LogP contribution in [0.3, 0.4) is 0 Å². The highest BCUT2D eigenvalue weighted by Crippen LogP contribution is 2.02. The third-order valence-electron chi connectivity index (χ3n) is 2.21. The van der Waals surface area contributed by atoms with Gasteiger partial charge in [-0.05, 0) is 12.8 Å². The number of hydrogen-bond donors (Lipinski definition) is 1. The van der Waals surface area contributed by atoms with E-state index in [0.717, 1.165) is 0 Å². The number of aromatic nitrogens is 3. The molecular weight excluding hydrogens is 208 g/mol. The zero-order valence-corrected chi connectivity index (χ0v) is 9.67. The Morgan fingerprint density at radius 3 is 2.31 bits per heavy atom. The summed E-state index contributed by atoms with van der Waals surface area (Å²) >= 11 is 0. The fourth-order valence-corrected chi connectivity index (χ4v) is 1.43. The highest BCUT2D eigenvalue weighted by molar-refractivity contribution is 5.87. The molecule has 1 unspecified atom stereocenters. The first-order valence-electron chi connectivity index (χ1n) is 5.13. The second-order valence-corrected chi connectivity index (χ2v) is 4.03. The number of carbonyl (C=O) groups is 2. The number of carbonyl (C=O) groups excluding carboxylic acids is 2. The standard InChI is InChI=1S/C10H16N4O2/c1-7(2)10(8(3)15)13-9(16)4-14-5-11-12-6-14/h5-7,10H,4H2,1-3H3,(H,13,16). The first-order valence-corrected chi connectivity index (χ1v) is 5.13. The predicted octanol–water partition coefficient (Wildman–Crippen LogP) is 0.00790. The van der Waals surface area contributed by atoms with Crippen molar-refractivity contribution in [1.29, 1.82) is 0 Å². The average molecular weight is 224 g/mol. The second kappa shape index (κ2) is 5.39. The largest absolute Gasteiger partial charge is 0.344 e. The van der Waals surface area contributed by atoms with Crippen molar-refractivity contribution in [2.75, 3.05) is 0 Å². The fraction of sp³-hybridized carbons (Fsp3) is 0.600. The normalized spacial score (nSPS) is 12.5. The molecule has 1 rings (SSSR count). The van der Waals surface area contributed by atoms with Crippen molar-refractivity contribution in [1.82, 2.24) is 20.1 Å². The van der Waals surface area contributed by atoms with E-state index in [1.54, 1.807) is 4.57 Å². The van der Waals surface area contributed by atoms with Crippen LogP contribution in [0.5, 0.6) is 0 Å². The smallest absolute Gasteiger partial charge is 0.240 e. The van der Waals surface area contributed by atoms with Gasteiger partial charge in [-0.15, -0.1) is 10.2 Å². The molecule has 0 saturated heterocycles. The lowest BCUT2D eigenvalue weighted by molar-refractivity contribution is -0.128. The van der Waals surface area contributed by atoms with Crippen molar-refractivity contribution in [2.45, 2.75) is 33.4 Å². The van der Waals surface area contributed by atoms with Crippen LogP contribution >= 0.6 is 0 Å². The molecule has 1 N–H and O–H groups in total. The van der Waals surface area contributed by atoms with Crippen molar-refractivity contribution in [3.8, 4) is 0 Å². The quantitative estimate of drug-likeness (QED) is 0.764. The van der Waals surface area contributed by atoms with E-state index in [9.17, 15) is 9.59 Å². The summed E-state index contributed by atoms with van der Waals surface area (Å²) in [5, 5.41) is 9.87. The van der Waals surface area contributed by atoms with E-state index in [1.807, 2.05) is 13.8 Å². The summed E-state index contributed by atoms with van der Waals surface area (Å²) in [4.78, 5) is 22.9. The number of nitrogens with one attached hydrogen (secondary N) is 1. The number of Topliss-reactive ketones (excluding diaryl/α,β-unsaturated/α-hetero) is 1. The van der Waals surface area contributed by atoms with Gasteiger partial charge in [0.15, 0.2) is 5.78 Å². The van der Waals surface area contributed by atoms with Crippen LogP contribution in [0.4, 0.5) is 0 Å². The van der Waals surface area contributed by atoms with Gasteiger partial charge in [0.2, 0.25) is 5.91 Å². The van der Waals surface area contributed by atoms with Crippen molar-refractivity contribution < 1.29 is 9.59 Å². The molecule has 1 amide bonds. The van der Waals surface area contributed by atoms with Crippen LogP contribution in [0.2, 0.25) is 0 Å². The van der Waals surface area contributed by atoms with Gasteiger partial charge in [-0.1, -0.05) is 13.8 Å². The van der Waals surface area contributed by atoms with Crippen LogP contribution in [-0.2, 0) is 16.1 Å². The second-order valence-electron chi connectivity index (χ2n) is 4.03. The van der Waals surface area contributed by atoms with Crippen LogP contribution in [0.1, 0.15) is 20.8 Å². The molecule has 88 valence electrons. The van der Waals surface area contributed by atoms with E-state index in [0.29, 0.717) is 0 Å². The van der Waals surface area contributed by atoms with Gasteiger partial charge in [0.05, 0.1) is 6.04 Å². The van der Waals surface area contributed by atoms with Crippen LogP contribution < -0.4 is 5.32 Å². The molecule has 1 aromatic rings. The molecule has 0 saturated carbocycles. The number of rotatable bonds is 5. The summed E-state index contributed by atoms with van der Waals surface area (Å²) in [5.74, 6) is -0.164. The predicted molar refractivity (Wildman–Crippen MR) is 57.5 cm³/mol. The van der Waals surface area contributed by atoms with Gasteiger partial charge in [-0.2, -0.15) is 0 Å². The zero-order valence-electron chi connectivity index (χ0n) is 9.67. The Kier molecular flexibility index (Phi) is 4.16. The van der Waals surface area contributed by atoms with E-state index in [1.165, 1.54) is 19.6 Å². The van der Waals surface area contributed by atoms with Gasteiger partial charge >= 0.3 is 0 Å². The highest BCUT2D eigenvalue weighted by Gasteiger charge is 2.20. The Labute approximate surface area is 94.1 Å². The lowest BCUT2D eigenvalue weighted by atomic mass is 10.0. The van der Waals surface area contributed by atoms with Crippen LogP contribution in [-0.4, -0.2) is 32.5 Å². The van der Waals surface area contributed by atoms with E-state index in [2.05, 4.69) is 15.5 Å². The summed E-state index contributed by atoms with van der Waals surface area (Å²) in [6, 6.07) is -0.427. The molecule has 0 aliphatic heterocycles. The molecule has 1 aromatic heterocycles. The molecule has 0 aliphatic carbocycles. The number of hydrogen-bond acceptors (Lipinski definition) is 4. The summed E-state index contributed by atoms with van der Waals surface area (Å²) in [5.41, 5.74) is 0. The number of amides is 1. The molecule has 0 radical (unpaired) electrons. The van der Waals surface area contributed by atoms with Gasteiger partial charge in [0.25, 0.3) is 0 Å². The van der Waals surface area contributed by atoms with Crippen LogP contribution in [0.25, 0.3) is 0 Å². The molecule has 6 heteroatoms. The summed E-state index contributed by atoms with van der Waals surface area (Å²) in [6.45, 7) is 5.39. The zero-order chi connectivity index (χ0) is 12.1. The van der Waals surface area contributed by atoms with E-state index in [-0.39, 0.29) is 24.2 Å². The minimum Gasteiger partial charge on any atom is -0.344 e. The molecule has 6 nitrogen and oxygen atoms in total. The molecule has 1 atom stereocenters. The monoisotopic (exact) mass is 224 g/mol. The van der Waals surface area contributed by atoms with Gasteiger partial charge in [-0.25, -0.2) is 0 Å². The van der Waals surface area contributed by atoms with Crippen LogP contribution in [0.15, 0.2) is 12.7 Å². The Morgan fingerprint density at radius 2 is 1.88 bits per heavy atom. The van der Waals surface area contributed by atoms with E-state index in [4.69, 9.17) is 0 Å². The van der Waals surface area contributed by atoms with E-state index >= 15 is 0 Å². The van der Waals surface area contributed by atoms with Gasteiger partial charge in [0.1, 0.15) is 19.2 Å². The van der Waals surface area contributed by atoms with Crippen molar-refractivity contribution in [3.63, 3.8) is 0 Å². The molecule has 0 bridgehead atoms. The average Bonchev–Trinajstić information content (AvgIpc) is 2.65. The van der Waals surface area contributed by atoms with E-state index < -0.39 is 6.04 Å². The third-order valence-corrected chi connectivity index (χ3v) is 2.21. The Hall–Kier alpha value is -1.72. The molecule has 16 heavy (non-hydrogen) atoms. The third kappa shape index (κ3) is 3.45. The lowest BCUT2D eigenvalue weighted by Gasteiger charge is -2.19. The minimum absolute atomic E-state index is 0.0351. The lowest BCUT2D eigenvalue weighted by Crippen LogP contribution is -2.44. The van der Waals surface area contributed by atoms with Gasteiger partial charge in [-0.3, -0.25) is 9.59 Å². The first kappa shape index (κ1) is 12.4. The minimum atomic E-state index is -0.427. The SMILES string of the molecule is CC(=O)C(NC(=O)Cn1cnnc1)C(C)C. The highest BCUT2D eigenvalue weighted by atomic mass is 16.2. The topological polar surface area (TPSA) is 76.9 Å². The Morgan fingerprint density at radius 1 is 1.31 bits per heavy atom. The first-order chi connectivity index (χ1) is 7.50. The Bertz CT molecular complexity index is 359. The van der Waals surface area contributed by atoms with Gasteiger partial charge in [0, 0.05) is 0 Å². The molecule has 0 fully saturated rings. The molecule has 0 spiro atoms. The summed E-state index contributed by atoms with van der Waals surface area (Å²) in [6.07, 6.45) is 2.91. The fourth-order valence-electron chi connectivity index (χ4n) is 1.43.